The van der Waals surface area contributed by atoms with Crippen LogP contribution in [0.3, 0.4) is 0 Å². The molecule has 2 spiro atoms. The number of hydrogen-bond donors (Lipinski definition) is 1. The van der Waals surface area contributed by atoms with Crippen molar-refractivity contribution in [3.63, 3.8) is 0 Å². The number of ether oxygens (including phenoxy) is 4. The van der Waals surface area contributed by atoms with Crippen LogP contribution in [0.25, 0.3) is 0 Å². The average molecular weight is 694 g/mol. The Morgan fingerprint density at radius 3 is 1.73 bits per heavy atom. The summed E-state index contributed by atoms with van der Waals surface area (Å²) >= 11 is 0. The van der Waals surface area contributed by atoms with E-state index in [9.17, 15) is 8.42 Å². The van der Waals surface area contributed by atoms with Gasteiger partial charge in [0.2, 0.25) is 21.6 Å². The van der Waals surface area contributed by atoms with Gasteiger partial charge in [-0.25, -0.2) is 32.7 Å². The molecule has 11 nitrogen and oxygen atoms in total. The molecule has 8 saturated heterocycles. The van der Waals surface area contributed by atoms with E-state index < -0.39 is 56.5 Å². The van der Waals surface area contributed by atoms with E-state index in [1.165, 1.54) is 0 Å². The van der Waals surface area contributed by atoms with Crippen molar-refractivity contribution in [2.45, 2.75) is 159 Å². The summed E-state index contributed by atoms with van der Waals surface area (Å²) in [6, 6.07) is 0. The summed E-state index contributed by atoms with van der Waals surface area (Å²) in [6.07, 6.45) is 6.73. The first kappa shape index (κ1) is 34.7. The van der Waals surface area contributed by atoms with Crippen LogP contribution in [0.2, 0.25) is 0 Å². The second-order valence-corrected chi connectivity index (χ2v) is 19.5. The Bertz CT molecular complexity index is 1390. The zero-order chi connectivity index (χ0) is 34.1. The molecule has 0 aromatic carbocycles. The predicted molar refractivity (Wildman–Crippen MR) is 174 cm³/mol. The highest BCUT2D eigenvalue weighted by atomic mass is 32.2. The quantitative estimate of drug-likeness (QED) is 0.286. The molecule has 10 rings (SSSR count). The van der Waals surface area contributed by atoms with Crippen molar-refractivity contribution in [2.24, 2.45) is 47.3 Å². The molecule has 0 amide bonds. The highest BCUT2D eigenvalue weighted by Crippen LogP contribution is 2.64. The van der Waals surface area contributed by atoms with Gasteiger partial charge in [0, 0.05) is 36.7 Å². The number of hydrogen-bond acceptors (Lipinski definition) is 10. The van der Waals surface area contributed by atoms with E-state index >= 15 is 0 Å². The summed E-state index contributed by atoms with van der Waals surface area (Å²) in [7, 11) is 3.33. The molecule has 2 saturated carbocycles. The molecule has 0 unspecified atom stereocenters. The lowest BCUT2D eigenvalue weighted by atomic mass is 9.52. The summed E-state index contributed by atoms with van der Waals surface area (Å²) in [5, 5.41) is 0. The van der Waals surface area contributed by atoms with Crippen LogP contribution in [0.1, 0.15) is 113 Å². The molecular weight excluding hydrogens is 637 g/mol. The predicted octanol–water partition coefficient (Wildman–Crippen LogP) is 5.07. The smallest absolute Gasteiger partial charge is 0.211 e. The summed E-state index contributed by atoms with van der Waals surface area (Å²) in [4.78, 5) is 24.4. The lowest BCUT2D eigenvalue weighted by Crippen LogP contribution is -2.73. The maximum absolute atomic E-state index is 13.5. The third kappa shape index (κ3) is 5.02. The van der Waals surface area contributed by atoms with Crippen LogP contribution in [-0.2, 0) is 48.5 Å². The first-order valence-corrected chi connectivity index (χ1v) is 20.3. The van der Waals surface area contributed by atoms with Gasteiger partial charge in [0.15, 0.2) is 23.8 Å². The van der Waals surface area contributed by atoms with Crippen LogP contribution in [0.5, 0.6) is 0 Å². The van der Waals surface area contributed by atoms with E-state index in [2.05, 4.69) is 39.3 Å². The molecule has 4 bridgehead atoms. The number of fused-ring (bicyclic) bond motifs is 4. The highest BCUT2D eigenvalue weighted by Gasteiger charge is 2.72. The van der Waals surface area contributed by atoms with Crippen molar-refractivity contribution in [3.8, 4) is 0 Å². The Morgan fingerprint density at radius 1 is 0.646 bits per heavy atom. The first-order valence-electron chi connectivity index (χ1n) is 18.7. The molecule has 10 aliphatic rings. The Morgan fingerprint density at radius 2 is 1.17 bits per heavy atom. The zero-order valence-electron chi connectivity index (χ0n) is 29.8. The standard InChI is InChI=1S/C35H56BNO10S/c1-20-8-10-26-22(3)30(5,40-28-34(26)24(20)12-14-31(6,41-28)44-46-34)16-18-37-48(38,39)19-17-33(36)23(4)27-11-9-21(2)25-13-15-32(7)42-29(43-33)35(25,27)47-45-32/h20-29,37H,8-19H2,1-7H3/t20-,21-,22-,23-,24+,25+,26+,27+,28-,29+,30-,31+,32+,33-,34-,35-/m1/s1. The van der Waals surface area contributed by atoms with Crippen LogP contribution in [-0.4, -0.2) is 75.0 Å². The lowest BCUT2D eigenvalue weighted by Gasteiger charge is -2.63. The molecule has 48 heavy (non-hydrogen) atoms. The van der Waals surface area contributed by atoms with E-state index in [1.807, 2.05) is 13.8 Å². The topological polar surface area (TPSA) is 120 Å². The van der Waals surface area contributed by atoms with Crippen LogP contribution in [0, 0.1) is 47.3 Å². The van der Waals surface area contributed by atoms with Gasteiger partial charge in [-0.3, -0.25) is 0 Å². The lowest BCUT2D eigenvalue weighted by molar-refractivity contribution is -0.576. The highest BCUT2D eigenvalue weighted by molar-refractivity contribution is 7.89. The van der Waals surface area contributed by atoms with E-state index in [-0.39, 0.29) is 54.2 Å². The minimum atomic E-state index is -3.69. The first-order chi connectivity index (χ1) is 22.5. The SMILES string of the molecule is [B][C@]1(CCS(=O)(=O)NCC[C@@]2(C)O[C@@H]3O[C@]4(C)CC[C@H]5[C@H](C)CC[C@@H]([C@H]2C)[C@@]35OO4)O[C@@H]2O[C@]3(C)CC[C@H]4[C@H](C)CC[C@@H]([C@H]1C)[C@@]24OO3. The van der Waals surface area contributed by atoms with Crippen molar-refractivity contribution in [3.05, 3.63) is 0 Å². The molecule has 8 heterocycles. The van der Waals surface area contributed by atoms with Crippen molar-refractivity contribution in [2.75, 3.05) is 12.3 Å². The molecule has 10 fully saturated rings. The molecule has 8 aliphatic heterocycles. The average Bonchev–Trinajstić information content (AvgIpc) is 3.39. The van der Waals surface area contributed by atoms with E-state index in [4.69, 9.17) is 46.3 Å². The fourth-order valence-electron chi connectivity index (χ4n) is 11.6. The van der Waals surface area contributed by atoms with Crippen LogP contribution < -0.4 is 4.72 Å². The molecule has 1 N–H and O–H groups in total. The number of rotatable bonds is 7. The minimum Gasteiger partial charge on any atom is -0.353 e. The largest absolute Gasteiger partial charge is 0.353 e. The summed E-state index contributed by atoms with van der Waals surface area (Å²) in [5.41, 5.74) is -3.22. The minimum absolute atomic E-state index is 0.0226. The molecule has 0 aromatic heterocycles. The normalized spacial score (nSPS) is 57.3. The van der Waals surface area contributed by atoms with Gasteiger partial charge in [0.05, 0.1) is 11.4 Å². The molecule has 270 valence electrons. The molecule has 13 heteroatoms. The summed E-state index contributed by atoms with van der Waals surface area (Å²) < 4.78 is 56.4. The number of sulfonamides is 1. The monoisotopic (exact) mass is 693 g/mol. The Balaban J connectivity index is 0.939. The maximum atomic E-state index is 13.5. The summed E-state index contributed by atoms with van der Waals surface area (Å²) in [6.45, 7) is 15.0. The Labute approximate surface area is 287 Å². The van der Waals surface area contributed by atoms with E-state index in [1.54, 1.807) is 0 Å². The van der Waals surface area contributed by atoms with Crippen LogP contribution in [0.4, 0.5) is 0 Å². The van der Waals surface area contributed by atoms with Crippen molar-refractivity contribution >= 4 is 17.9 Å². The third-order valence-corrected chi connectivity index (χ3v) is 16.3. The van der Waals surface area contributed by atoms with Gasteiger partial charge in [0.25, 0.3) is 0 Å². The summed E-state index contributed by atoms with van der Waals surface area (Å²) in [5.74, 6) is -0.403. The van der Waals surface area contributed by atoms with Crippen molar-refractivity contribution < 1.29 is 46.9 Å². The van der Waals surface area contributed by atoms with Gasteiger partial charge in [-0.15, -0.1) is 0 Å². The van der Waals surface area contributed by atoms with Crippen molar-refractivity contribution in [1.82, 2.24) is 4.72 Å². The molecule has 2 aliphatic carbocycles. The van der Waals surface area contributed by atoms with Gasteiger partial charge in [-0.05, 0) is 108 Å². The van der Waals surface area contributed by atoms with Gasteiger partial charge in [0.1, 0.15) is 7.85 Å². The second-order valence-electron chi connectivity index (χ2n) is 17.6. The number of nitrogens with one attached hydrogen (secondary N) is 1. The Kier molecular flexibility index (Phi) is 8.19. The van der Waals surface area contributed by atoms with E-state index in [0.717, 1.165) is 44.9 Å². The molecular formula is C35H56BNO10S. The maximum Gasteiger partial charge on any atom is 0.211 e. The van der Waals surface area contributed by atoms with Gasteiger partial charge >= 0.3 is 0 Å². The third-order valence-electron chi connectivity index (χ3n) is 14.9. The molecule has 2 radical (unpaired) electrons. The molecule has 16 atom stereocenters. The second kappa shape index (κ2) is 11.3. The van der Waals surface area contributed by atoms with Crippen molar-refractivity contribution in [1.29, 1.82) is 0 Å². The molecule has 0 aromatic rings. The zero-order valence-corrected chi connectivity index (χ0v) is 30.6. The van der Waals surface area contributed by atoms with Gasteiger partial charge in [-0.2, -0.15) is 0 Å². The van der Waals surface area contributed by atoms with Crippen LogP contribution in [0.15, 0.2) is 0 Å². The fourth-order valence-corrected chi connectivity index (χ4v) is 12.7. The van der Waals surface area contributed by atoms with Gasteiger partial charge < -0.3 is 18.9 Å². The fraction of sp³-hybridized carbons (Fsp3) is 1.00. The Hall–Kier alpha value is -0.345. The van der Waals surface area contributed by atoms with Crippen LogP contribution >= 0.6 is 0 Å². The van der Waals surface area contributed by atoms with Gasteiger partial charge in [-0.1, -0.05) is 27.7 Å². The van der Waals surface area contributed by atoms with E-state index in [0.29, 0.717) is 24.7 Å².